The van der Waals surface area contributed by atoms with Crippen LogP contribution in [0, 0.1) is 20.8 Å². The summed E-state index contributed by atoms with van der Waals surface area (Å²) in [6.45, 7) is 7.99. The summed E-state index contributed by atoms with van der Waals surface area (Å²) in [4.78, 5) is 26.5. The van der Waals surface area contributed by atoms with E-state index in [9.17, 15) is 9.59 Å². The normalized spacial score (nSPS) is 11.6. The second kappa shape index (κ2) is 9.21. The maximum Gasteiger partial charge on any atom is 0.261 e. The van der Waals surface area contributed by atoms with E-state index in [2.05, 4.69) is 5.32 Å². The number of likely N-dealkylation sites (N-methyl/N-ethyl adjacent to an activating group) is 1. The minimum Gasteiger partial charge on any atom is -0.484 e. The number of rotatable bonds is 7. The molecule has 0 bridgehead atoms. The molecule has 0 unspecified atom stereocenters. The average molecular weight is 368 g/mol. The Morgan fingerprint density at radius 2 is 1.81 bits per heavy atom. The van der Waals surface area contributed by atoms with E-state index in [0.29, 0.717) is 12.3 Å². The zero-order chi connectivity index (χ0) is 20.0. The molecule has 2 rings (SSSR count). The molecule has 2 amide bonds. The maximum atomic E-state index is 12.8. The lowest BCUT2D eigenvalue weighted by molar-refractivity contribution is -0.142. The van der Waals surface area contributed by atoms with E-state index >= 15 is 0 Å². The summed E-state index contributed by atoms with van der Waals surface area (Å²) >= 11 is 0. The minimum absolute atomic E-state index is 0.115. The van der Waals surface area contributed by atoms with Crippen molar-refractivity contribution in [2.45, 2.75) is 40.3 Å². The van der Waals surface area contributed by atoms with Gasteiger partial charge in [-0.3, -0.25) is 9.59 Å². The molecule has 27 heavy (non-hydrogen) atoms. The van der Waals surface area contributed by atoms with Crippen LogP contribution in [0.25, 0.3) is 0 Å². The molecule has 144 valence electrons. The van der Waals surface area contributed by atoms with E-state index in [1.165, 1.54) is 5.56 Å². The van der Waals surface area contributed by atoms with Gasteiger partial charge in [-0.2, -0.15) is 0 Å². The van der Waals surface area contributed by atoms with Crippen LogP contribution in [0.15, 0.2) is 42.5 Å². The summed E-state index contributed by atoms with van der Waals surface area (Å²) in [6, 6.07) is 13.1. The Balaban J connectivity index is 2.14. The number of nitrogens with one attached hydrogen (secondary N) is 1. The van der Waals surface area contributed by atoms with E-state index in [0.717, 1.165) is 16.7 Å². The lowest BCUT2D eigenvalue weighted by atomic mass is 10.1. The number of amides is 2. The molecule has 1 atom stereocenters. The predicted molar refractivity (Wildman–Crippen MR) is 107 cm³/mol. The highest BCUT2D eigenvalue weighted by Crippen LogP contribution is 2.17. The third-order valence-corrected chi connectivity index (χ3v) is 4.69. The summed E-state index contributed by atoms with van der Waals surface area (Å²) in [5, 5.41) is 2.61. The minimum atomic E-state index is -0.591. The Morgan fingerprint density at radius 3 is 2.44 bits per heavy atom. The van der Waals surface area contributed by atoms with E-state index in [1.54, 1.807) is 18.9 Å². The Morgan fingerprint density at radius 1 is 1.07 bits per heavy atom. The van der Waals surface area contributed by atoms with Gasteiger partial charge in [-0.25, -0.2) is 0 Å². The highest BCUT2D eigenvalue weighted by molar-refractivity contribution is 5.87. The first kappa shape index (κ1) is 20.5. The Kier molecular flexibility index (Phi) is 6.99. The van der Waals surface area contributed by atoms with Crippen LogP contribution in [0.3, 0.4) is 0 Å². The van der Waals surface area contributed by atoms with Gasteiger partial charge < -0.3 is 15.0 Å². The van der Waals surface area contributed by atoms with Crippen molar-refractivity contribution >= 4 is 11.8 Å². The largest absolute Gasteiger partial charge is 0.484 e. The molecule has 0 aromatic heterocycles. The summed E-state index contributed by atoms with van der Waals surface area (Å²) in [5.41, 5.74) is 4.36. The smallest absolute Gasteiger partial charge is 0.261 e. The van der Waals surface area contributed by atoms with Gasteiger partial charge in [0.2, 0.25) is 5.91 Å². The van der Waals surface area contributed by atoms with E-state index in [-0.39, 0.29) is 18.4 Å². The number of aryl methyl sites for hydroxylation is 3. The Hall–Kier alpha value is -2.82. The zero-order valence-corrected chi connectivity index (χ0v) is 16.7. The molecule has 0 saturated heterocycles. The fraction of sp³-hybridized carbons (Fsp3) is 0.364. The molecule has 0 aliphatic rings. The zero-order valence-electron chi connectivity index (χ0n) is 16.7. The molecule has 0 fully saturated rings. The maximum absolute atomic E-state index is 12.8. The monoisotopic (exact) mass is 368 g/mol. The lowest BCUT2D eigenvalue weighted by Crippen LogP contribution is -2.48. The van der Waals surface area contributed by atoms with Crippen LogP contribution < -0.4 is 10.1 Å². The quantitative estimate of drug-likeness (QED) is 0.817. The summed E-state index contributed by atoms with van der Waals surface area (Å²) < 4.78 is 5.69. The highest BCUT2D eigenvalue weighted by atomic mass is 16.5. The molecule has 0 saturated carbocycles. The van der Waals surface area contributed by atoms with Gasteiger partial charge in [0.15, 0.2) is 6.61 Å². The number of benzene rings is 2. The average Bonchev–Trinajstić information content (AvgIpc) is 2.65. The third-order valence-electron chi connectivity index (χ3n) is 4.69. The van der Waals surface area contributed by atoms with Crippen molar-refractivity contribution in [3.63, 3.8) is 0 Å². The first-order valence-electron chi connectivity index (χ1n) is 9.08. The molecule has 0 aliphatic heterocycles. The number of hydrogen-bond donors (Lipinski definition) is 1. The van der Waals surface area contributed by atoms with Gasteiger partial charge in [0.1, 0.15) is 11.8 Å². The summed E-state index contributed by atoms with van der Waals surface area (Å²) in [6.07, 6.45) is 0. The SMILES string of the molecule is CNC(=O)[C@H](C)N(Cc1cccc(C)c1)C(=O)COc1ccc(C)c(C)c1. The lowest BCUT2D eigenvalue weighted by Gasteiger charge is -2.28. The first-order chi connectivity index (χ1) is 12.8. The van der Waals surface area contributed by atoms with Crippen LogP contribution in [0.2, 0.25) is 0 Å². The van der Waals surface area contributed by atoms with Crippen molar-refractivity contribution < 1.29 is 14.3 Å². The molecule has 2 aromatic carbocycles. The fourth-order valence-electron chi connectivity index (χ4n) is 2.83. The van der Waals surface area contributed by atoms with E-state index in [1.807, 2.05) is 63.2 Å². The van der Waals surface area contributed by atoms with Crippen LogP contribution in [0.5, 0.6) is 5.75 Å². The highest BCUT2D eigenvalue weighted by Gasteiger charge is 2.25. The van der Waals surface area contributed by atoms with Crippen molar-refractivity contribution in [1.82, 2.24) is 10.2 Å². The van der Waals surface area contributed by atoms with Gasteiger partial charge >= 0.3 is 0 Å². The molecule has 2 aromatic rings. The van der Waals surface area contributed by atoms with Gasteiger partial charge in [-0.05, 0) is 56.5 Å². The van der Waals surface area contributed by atoms with Crippen molar-refractivity contribution in [3.8, 4) is 5.75 Å². The number of carbonyl (C=O) groups is 2. The van der Waals surface area contributed by atoms with Gasteiger partial charge in [-0.15, -0.1) is 0 Å². The first-order valence-corrected chi connectivity index (χ1v) is 9.08. The Bertz CT molecular complexity index is 817. The van der Waals surface area contributed by atoms with Gasteiger partial charge in [0, 0.05) is 13.6 Å². The molecular formula is C22H28N2O3. The van der Waals surface area contributed by atoms with Gasteiger partial charge in [0.05, 0.1) is 0 Å². The predicted octanol–water partition coefficient (Wildman–Crippen LogP) is 3.15. The molecule has 0 spiro atoms. The molecule has 5 heteroatoms. The second-order valence-corrected chi connectivity index (χ2v) is 6.84. The van der Waals surface area contributed by atoms with Crippen molar-refractivity contribution in [2.24, 2.45) is 0 Å². The fourth-order valence-corrected chi connectivity index (χ4v) is 2.83. The standard InChI is InChI=1S/C22H28N2O3/c1-15-7-6-8-19(11-15)13-24(18(4)22(26)23-5)21(25)14-27-20-10-9-16(2)17(3)12-20/h6-12,18H,13-14H2,1-5H3,(H,23,26)/t18-/m0/s1. The molecule has 0 aliphatic carbocycles. The summed E-state index contributed by atoms with van der Waals surface area (Å²) in [7, 11) is 1.57. The van der Waals surface area contributed by atoms with E-state index < -0.39 is 6.04 Å². The molecule has 5 nitrogen and oxygen atoms in total. The number of carbonyl (C=O) groups excluding carboxylic acids is 2. The Labute approximate surface area is 161 Å². The van der Waals surface area contributed by atoms with Crippen molar-refractivity contribution in [2.75, 3.05) is 13.7 Å². The second-order valence-electron chi connectivity index (χ2n) is 6.84. The van der Waals surface area contributed by atoms with Crippen LogP contribution in [0.1, 0.15) is 29.2 Å². The van der Waals surface area contributed by atoms with Crippen LogP contribution >= 0.6 is 0 Å². The molecule has 0 radical (unpaired) electrons. The third kappa shape index (κ3) is 5.58. The number of nitrogens with zero attached hydrogens (tertiary/aromatic N) is 1. The molecule has 0 heterocycles. The van der Waals surface area contributed by atoms with Gasteiger partial charge in [-0.1, -0.05) is 35.9 Å². The van der Waals surface area contributed by atoms with Crippen LogP contribution in [-0.4, -0.2) is 36.4 Å². The van der Waals surface area contributed by atoms with Gasteiger partial charge in [0.25, 0.3) is 5.91 Å². The summed E-state index contributed by atoms with van der Waals surface area (Å²) in [5.74, 6) is 0.211. The number of hydrogen-bond acceptors (Lipinski definition) is 3. The number of ether oxygens (including phenoxy) is 1. The topological polar surface area (TPSA) is 58.6 Å². The van der Waals surface area contributed by atoms with Crippen molar-refractivity contribution in [3.05, 3.63) is 64.7 Å². The van der Waals surface area contributed by atoms with E-state index in [4.69, 9.17) is 4.74 Å². The van der Waals surface area contributed by atoms with Crippen LogP contribution in [-0.2, 0) is 16.1 Å². The van der Waals surface area contributed by atoms with Crippen LogP contribution in [0.4, 0.5) is 0 Å². The molecule has 1 N–H and O–H groups in total. The van der Waals surface area contributed by atoms with Crippen molar-refractivity contribution in [1.29, 1.82) is 0 Å². The molecular weight excluding hydrogens is 340 g/mol.